The third-order valence-electron chi connectivity index (χ3n) is 4.37. The van der Waals surface area contributed by atoms with Gasteiger partial charge in [0.05, 0.1) is 19.7 Å². The standard InChI is InChI=1S/C20H31N5O3/c1-3-22-20(25(2)10-11-28-14-16-4-5-16)24-12-15-6-8-17(9-7-15)19(27)23-13-18(21)26/h6-9,16H,3-5,10-14H2,1-2H3,(H2,21,26)(H,22,24)(H,23,27). The molecule has 1 aromatic rings. The lowest BCUT2D eigenvalue weighted by molar-refractivity contribution is -0.117. The maximum Gasteiger partial charge on any atom is 0.251 e. The second-order valence-corrected chi connectivity index (χ2v) is 6.96. The monoisotopic (exact) mass is 389 g/mol. The quantitative estimate of drug-likeness (QED) is 0.294. The van der Waals surface area contributed by atoms with Crippen molar-refractivity contribution in [1.29, 1.82) is 0 Å². The lowest BCUT2D eigenvalue weighted by atomic mass is 10.1. The van der Waals surface area contributed by atoms with Gasteiger partial charge in [-0.2, -0.15) is 0 Å². The molecule has 8 heteroatoms. The topological polar surface area (TPSA) is 109 Å². The van der Waals surface area contributed by atoms with Crippen molar-refractivity contribution in [3.8, 4) is 0 Å². The molecule has 0 bridgehead atoms. The van der Waals surface area contributed by atoms with Gasteiger partial charge in [-0.1, -0.05) is 12.1 Å². The van der Waals surface area contributed by atoms with Gasteiger partial charge in [0.1, 0.15) is 0 Å². The zero-order valence-corrected chi connectivity index (χ0v) is 16.7. The minimum atomic E-state index is -0.572. The zero-order chi connectivity index (χ0) is 20.4. The fraction of sp³-hybridized carbons (Fsp3) is 0.550. The molecule has 1 aliphatic carbocycles. The smallest absolute Gasteiger partial charge is 0.251 e. The van der Waals surface area contributed by atoms with Crippen LogP contribution >= 0.6 is 0 Å². The van der Waals surface area contributed by atoms with Crippen LogP contribution in [-0.4, -0.2) is 62.6 Å². The summed E-state index contributed by atoms with van der Waals surface area (Å²) < 4.78 is 5.70. The number of amides is 2. The number of likely N-dealkylation sites (N-methyl/N-ethyl adjacent to an activating group) is 1. The summed E-state index contributed by atoms with van der Waals surface area (Å²) in [6.07, 6.45) is 2.59. The normalized spacial score (nSPS) is 13.9. The molecule has 2 amide bonds. The molecule has 0 aliphatic heterocycles. The van der Waals surface area contributed by atoms with Gasteiger partial charge in [-0.3, -0.25) is 9.59 Å². The van der Waals surface area contributed by atoms with Gasteiger partial charge in [-0.15, -0.1) is 0 Å². The fourth-order valence-corrected chi connectivity index (χ4v) is 2.51. The average molecular weight is 390 g/mol. The van der Waals surface area contributed by atoms with Crippen molar-refractivity contribution in [2.24, 2.45) is 16.6 Å². The van der Waals surface area contributed by atoms with E-state index in [0.717, 1.165) is 37.1 Å². The summed E-state index contributed by atoms with van der Waals surface area (Å²) in [5.74, 6) is 0.694. The molecule has 0 unspecified atom stereocenters. The van der Waals surface area contributed by atoms with Crippen LogP contribution in [-0.2, 0) is 16.1 Å². The first kappa shape index (κ1) is 21.7. The molecule has 2 rings (SSSR count). The number of aliphatic imine (C=N–C) groups is 1. The summed E-state index contributed by atoms with van der Waals surface area (Å²) in [5, 5.41) is 5.75. The van der Waals surface area contributed by atoms with Crippen LogP contribution in [0, 0.1) is 5.92 Å². The highest BCUT2D eigenvalue weighted by molar-refractivity contribution is 5.96. The number of primary amides is 1. The summed E-state index contributed by atoms with van der Waals surface area (Å²) in [6.45, 7) is 5.47. The summed E-state index contributed by atoms with van der Waals surface area (Å²) in [4.78, 5) is 29.3. The summed E-state index contributed by atoms with van der Waals surface area (Å²) in [7, 11) is 1.99. The second-order valence-electron chi connectivity index (χ2n) is 6.96. The maximum atomic E-state index is 11.9. The molecule has 0 saturated heterocycles. The number of guanidine groups is 1. The Labute approximate surface area is 166 Å². The molecule has 0 aromatic heterocycles. The van der Waals surface area contributed by atoms with E-state index in [9.17, 15) is 9.59 Å². The molecular formula is C20H31N5O3. The van der Waals surface area contributed by atoms with Crippen molar-refractivity contribution in [3.63, 3.8) is 0 Å². The number of nitrogens with zero attached hydrogens (tertiary/aromatic N) is 2. The number of carbonyl (C=O) groups excluding carboxylic acids is 2. The number of nitrogens with one attached hydrogen (secondary N) is 2. The lowest BCUT2D eigenvalue weighted by Crippen LogP contribution is -2.40. The van der Waals surface area contributed by atoms with Gasteiger partial charge >= 0.3 is 0 Å². The number of hydrogen-bond donors (Lipinski definition) is 3. The summed E-state index contributed by atoms with van der Waals surface area (Å²) >= 11 is 0. The van der Waals surface area contributed by atoms with E-state index in [1.54, 1.807) is 12.1 Å². The molecule has 4 N–H and O–H groups in total. The van der Waals surface area contributed by atoms with Gasteiger partial charge in [0.2, 0.25) is 5.91 Å². The number of hydrogen-bond acceptors (Lipinski definition) is 4. The molecule has 1 saturated carbocycles. The molecule has 1 aliphatic rings. The van der Waals surface area contributed by atoms with E-state index in [-0.39, 0.29) is 12.5 Å². The third kappa shape index (κ3) is 7.96. The first-order valence-corrected chi connectivity index (χ1v) is 9.72. The van der Waals surface area contributed by atoms with Crippen molar-refractivity contribution >= 4 is 17.8 Å². The first-order valence-electron chi connectivity index (χ1n) is 9.72. The van der Waals surface area contributed by atoms with Crippen LogP contribution in [0.15, 0.2) is 29.3 Å². The van der Waals surface area contributed by atoms with Gasteiger partial charge in [-0.05, 0) is 43.4 Å². The molecule has 0 radical (unpaired) electrons. The Morgan fingerprint density at radius 1 is 1.25 bits per heavy atom. The molecule has 28 heavy (non-hydrogen) atoms. The van der Waals surface area contributed by atoms with E-state index in [1.807, 2.05) is 26.1 Å². The van der Waals surface area contributed by atoms with E-state index in [1.165, 1.54) is 12.8 Å². The first-order chi connectivity index (χ1) is 13.5. The number of nitrogens with two attached hydrogens (primary N) is 1. The minimum Gasteiger partial charge on any atom is -0.379 e. The highest BCUT2D eigenvalue weighted by Gasteiger charge is 2.21. The number of benzene rings is 1. The van der Waals surface area contributed by atoms with Gasteiger partial charge in [0, 0.05) is 32.3 Å². The van der Waals surface area contributed by atoms with Gasteiger partial charge in [0.15, 0.2) is 5.96 Å². The van der Waals surface area contributed by atoms with E-state index in [0.29, 0.717) is 18.7 Å². The van der Waals surface area contributed by atoms with Gasteiger partial charge in [0.25, 0.3) is 5.91 Å². The molecule has 154 valence electrons. The van der Waals surface area contributed by atoms with Crippen LogP contribution in [0.2, 0.25) is 0 Å². The highest BCUT2D eigenvalue weighted by Crippen LogP contribution is 2.28. The van der Waals surface area contributed by atoms with Gasteiger partial charge in [-0.25, -0.2) is 4.99 Å². The Bertz CT molecular complexity index is 671. The molecular weight excluding hydrogens is 358 g/mol. The molecule has 1 fully saturated rings. The largest absolute Gasteiger partial charge is 0.379 e. The molecule has 1 aromatic carbocycles. The number of rotatable bonds is 11. The average Bonchev–Trinajstić information content (AvgIpc) is 3.51. The van der Waals surface area contributed by atoms with Crippen molar-refractivity contribution in [2.45, 2.75) is 26.3 Å². The van der Waals surface area contributed by atoms with Crippen LogP contribution in [0.5, 0.6) is 0 Å². The second kappa shape index (κ2) is 11.3. The van der Waals surface area contributed by atoms with Gasteiger partial charge < -0.3 is 26.0 Å². The van der Waals surface area contributed by atoms with Crippen LogP contribution in [0.1, 0.15) is 35.7 Å². The Morgan fingerprint density at radius 2 is 1.96 bits per heavy atom. The molecule has 8 nitrogen and oxygen atoms in total. The zero-order valence-electron chi connectivity index (χ0n) is 16.7. The van der Waals surface area contributed by atoms with Crippen molar-refractivity contribution in [1.82, 2.24) is 15.5 Å². The van der Waals surface area contributed by atoms with E-state index in [4.69, 9.17) is 10.5 Å². The Balaban J connectivity index is 1.84. The minimum absolute atomic E-state index is 0.173. The van der Waals surface area contributed by atoms with Crippen LogP contribution in [0.4, 0.5) is 0 Å². The maximum absolute atomic E-state index is 11.9. The summed E-state index contributed by atoms with van der Waals surface area (Å²) in [5.41, 5.74) is 6.49. The molecule has 0 spiro atoms. The predicted octanol–water partition coefficient (Wildman–Crippen LogP) is 0.726. The van der Waals surface area contributed by atoms with Crippen molar-refractivity contribution < 1.29 is 14.3 Å². The molecule has 0 heterocycles. The Hall–Kier alpha value is -2.61. The fourth-order valence-electron chi connectivity index (χ4n) is 2.51. The third-order valence-corrected chi connectivity index (χ3v) is 4.37. The predicted molar refractivity (Wildman–Crippen MR) is 109 cm³/mol. The van der Waals surface area contributed by atoms with Crippen molar-refractivity contribution in [2.75, 3.05) is 39.9 Å². The molecule has 0 atom stereocenters. The van der Waals surface area contributed by atoms with E-state index in [2.05, 4.69) is 20.5 Å². The van der Waals surface area contributed by atoms with Crippen LogP contribution in [0.25, 0.3) is 0 Å². The van der Waals surface area contributed by atoms with E-state index >= 15 is 0 Å². The Morgan fingerprint density at radius 3 is 2.57 bits per heavy atom. The summed E-state index contributed by atoms with van der Waals surface area (Å²) in [6, 6.07) is 7.13. The lowest BCUT2D eigenvalue weighted by Gasteiger charge is -2.22. The van der Waals surface area contributed by atoms with Crippen LogP contribution < -0.4 is 16.4 Å². The van der Waals surface area contributed by atoms with Crippen LogP contribution in [0.3, 0.4) is 0 Å². The number of ether oxygens (including phenoxy) is 1. The SMILES string of the molecule is CCNC(=NCc1ccc(C(=O)NCC(N)=O)cc1)N(C)CCOCC1CC1. The van der Waals surface area contributed by atoms with E-state index < -0.39 is 5.91 Å². The highest BCUT2D eigenvalue weighted by atomic mass is 16.5. The number of carbonyl (C=O) groups is 2. The van der Waals surface area contributed by atoms with Crippen molar-refractivity contribution in [3.05, 3.63) is 35.4 Å². The Kier molecular flexibility index (Phi) is 8.74.